The third-order valence-electron chi connectivity index (χ3n) is 1.67. The number of nitrogens with one attached hydrogen (secondary N) is 1. The first-order chi connectivity index (χ1) is 6.66. The molecule has 0 aromatic carbocycles. The molecular weight excluding hydrogens is 222 g/mol. The van der Waals surface area contributed by atoms with Crippen LogP contribution in [0.5, 0.6) is 0 Å². The van der Waals surface area contributed by atoms with Gasteiger partial charge in [0.2, 0.25) is 0 Å². The van der Waals surface area contributed by atoms with E-state index in [9.17, 15) is 4.79 Å². The molecule has 0 spiro atoms. The van der Waals surface area contributed by atoms with Gasteiger partial charge < -0.3 is 0 Å². The van der Waals surface area contributed by atoms with Crippen LogP contribution in [0.2, 0.25) is 5.15 Å². The summed E-state index contributed by atoms with van der Waals surface area (Å²) in [5.41, 5.74) is 0.812. The predicted octanol–water partition coefficient (Wildman–Crippen LogP) is 1.86. The van der Waals surface area contributed by atoms with Crippen molar-refractivity contribution >= 4 is 22.9 Å². The van der Waals surface area contributed by atoms with Crippen molar-refractivity contribution in [2.75, 3.05) is 0 Å². The van der Waals surface area contributed by atoms with E-state index in [0.717, 1.165) is 5.01 Å². The van der Waals surface area contributed by atoms with E-state index in [0.29, 0.717) is 11.3 Å². The number of thiazole rings is 1. The molecule has 0 atom stereocenters. The summed E-state index contributed by atoms with van der Waals surface area (Å²) in [4.78, 5) is 15.6. The Morgan fingerprint density at radius 2 is 2.36 bits per heavy atom. The second kappa shape index (κ2) is 3.51. The van der Waals surface area contributed by atoms with Gasteiger partial charge in [0.25, 0.3) is 5.56 Å². The van der Waals surface area contributed by atoms with Crippen LogP contribution in [0.15, 0.2) is 16.2 Å². The summed E-state index contributed by atoms with van der Waals surface area (Å²) in [7, 11) is 0. The number of halogens is 1. The van der Waals surface area contributed by atoms with E-state index in [1.165, 1.54) is 17.4 Å². The smallest absolute Gasteiger partial charge is 0.267 e. The predicted molar refractivity (Wildman–Crippen MR) is 55.7 cm³/mol. The van der Waals surface area contributed by atoms with E-state index in [2.05, 4.69) is 15.2 Å². The molecule has 0 aliphatic rings. The van der Waals surface area contributed by atoms with Crippen molar-refractivity contribution in [1.29, 1.82) is 0 Å². The maximum Gasteiger partial charge on any atom is 0.273 e. The Morgan fingerprint density at radius 3 is 3.00 bits per heavy atom. The lowest BCUT2D eigenvalue weighted by atomic mass is 10.2. The molecule has 0 aliphatic heterocycles. The van der Waals surface area contributed by atoms with Crippen LogP contribution in [-0.2, 0) is 0 Å². The minimum Gasteiger partial charge on any atom is -0.267 e. The minimum atomic E-state index is -0.278. The van der Waals surface area contributed by atoms with Crippen LogP contribution in [0.4, 0.5) is 0 Å². The summed E-state index contributed by atoms with van der Waals surface area (Å²) < 4.78 is 0. The molecule has 2 rings (SSSR count). The molecule has 0 unspecified atom stereocenters. The largest absolute Gasteiger partial charge is 0.273 e. The molecule has 0 fully saturated rings. The fourth-order valence-corrected chi connectivity index (χ4v) is 1.82. The highest BCUT2D eigenvalue weighted by Gasteiger charge is 2.07. The van der Waals surface area contributed by atoms with Crippen molar-refractivity contribution in [1.82, 2.24) is 15.2 Å². The number of aromatic nitrogens is 3. The first-order valence-electron chi connectivity index (χ1n) is 3.84. The van der Waals surface area contributed by atoms with Crippen molar-refractivity contribution in [3.05, 3.63) is 32.0 Å². The molecule has 0 radical (unpaired) electrons. The molecule has 6 heteroatoms. The van der Waals surface area contributed by atoms with Crippen molar-refractivity contribution in [2.24, 2.45) is 0 Å². The lowest BCUT2D eigenvalue weighted by molar-refractivity contribution is 0.989. The molecular formula is C8H6ClN3OS. The molecule has 0 amide bonds. The van der Waals surface area contributed by atoms with Gasteiger partial charge in [-0.05, 0) is 13.0 Å². The van der Waals surface area contributed by atoms with Crippen molar-refractivity contribution in [3.63, 3.8) is 0 Å². The van der Waals surface area contributed by atoms with Gasteiger partial charge in [-0.2, -0.15) is 5.10 Å². The van der Waals surface area contributed by atoms with Crippen LogP contribution >= 0.6 is 22.9 Å². The molecule has 14 heavy (non-hydrogen) atoms. The van der Waals surface area contributed by atoms with Gasteiger partial charge in [0, 0.05) is 5.38 Å². The van der Waals surface area contributed by atoms with Gasteiger partial charge in [-0.25, -0.2) is 10.1 Å². The number of aromatic amines is 1. The molecule has 1 N–H and O–H groups in total. The van der Waals surface area contributed by atoms with E-state index in [4.69, 9.17) is 11.6 Å². The van der Waals surface area contributed by atoms with Gasteiger partial charge in [-0.1, -0.05) is 11.6 Å². The lowest BCUT2D eigenvalue weighted by Gasteiger charge is -1.94. The quantitative estimate of drug-likeness (QED) is 0.809. The molecule has 2 aromatic heterocycles. The van der Waals surface area contributed by atoms with E-state index in [-0.39, 0.29) is 10.7 Å². The summed E-state index contributed by atoms with van der Waals surface area (Å²) in [6.07, 6.45) is 0. The Balaban J connectivity index is 2.61. The highest BCUT2D eigenvalue weighted by atomic mass is 35.5. The Labute approximate surface area is 88.6 Å². The summed E-state index contributed by atoms with van der Waals surface area (Å²) >= 11 is 7.15. The topological polar surface area (TPSA) is 58.6 Å². The van der Waals surface area contributed by atoms with Crippen LogP contribution in [0.25, 0.3) is 11.3 Å². The number of hydrogen-bond donors (Lipinski definition) is 1. The van der Waals surface area contributed by atoms with E-state index >= 15 is 0 Å². The van der Waals surface area contributed by atoms with Crippen molar-refractivity contribution in [2.45, 2.75) is 6.92 Å². The Bertz CT molecular complexity index is 519. The van der Waals surface area contributed by atoms with E-state index < -0.39 is 0 Å². The minimum absolute atomic E-state index is 0.255. The maximum atomic E-state index is 11.4. The van der Waals surface area contributed by atoms with Crippen LogP contribution in [-0.4, -0.2) is 15.2 Å². The monoisotopic (exact) mass is 227 g/mol. The van der Waals surface area contributed by atoms with E-state index in [1.807, 2.05) is 12.3 Å². The fourth-order valence-electron chi connectivity index (χ4n) is 1.06. The first-order valence-corrected chi connectivity index (χ1v) is 5.10. The average molecular weight is 228 g/mol. The zero-order chi connectivity index (χ0) is 10.1. The SMILES string of the molecule is Cc1nc(-c2cc(Cl)n[nH]c2=O)cs1. The summed E-state index contributed by atoms with van der Waals surface area (Å²) in [6, 6.07) is 1.51. The van der Waals surface area contributed by atoms with Crippen LogP contribution < -0.4 is 5.56 Å². The van der Waals surface area contributed by atoms with Crippen LogP contribution in [0.1, 0.15) is 5.01 Å². The highest BCUT2D eigenvalue weighted by molar-refractivity contribution is 7.09. The maximum absolute atomic E-state index is 11.4. The molecule has 0 saturated heterocycles. The zero-order valence-electron chi connectivity index (χ0n) is 7.24. The third kappa shape index (κ3) is 1.69. The second-order valence-electron chi connectivity index (χ2n) is 2.69. The molecule has 0 bridgehead atoms. The normalized spacial score (nSPS) is 10.4. The van der Waals surface area contributed by atoms with Gasteiger partial charge in [-0.15, -0.1) is 11.3 Å². The fraction of sp³-hybridized carbons (Fsp3) is 0.125. The third-order valence-corrected chi connectivity index (χ3v) is 2.63. The highest BCUT2D eigenvalue weighted by Crippen LogP contribution is 2.19. The van der Waals surface area contributed by atoms with Gasteiger partial charge in [0.05, 0.1) is 16.3 Å². The van der Waals surface area contributed by atoms with Gasteiger partial charge in [-0.3, -0.25) is 4.79 Å². The van der Waals surface area contributed by atoms with Gasteiger partial charge in [0.15, 0.2) is 0 Å². The Morgan fingerprint density at radius 1 is 1.57 bits per heavy atom. The van der Waals surface area contributed by atoms with Crippen molar-refractivity contribution in [3.8, 4) is 11.3 Å². The average Bonchev–Trinajstić information content (AvgIpc) is 2.56. The van der Waals surface area contributed by atoms with Gasteiger partial charge in [0.1, 0.15) is 5.15 Å². The number of rotatable bonds is 1. The summed E-state index contributed by atoms with van der Waals surface area (Å²) in [5, 5.41) is 8.86. The number of aryl methyl sites for hydroxylation is 1. The van der Waals surface area contributed by atoms with Crippen LogP contribution in [0, 0.1) is 6.92 Å². The molecule has 2 aromatic rings. The summed E-state index contributed by atoms with van der Waals surface area (Å²) in [5.74, 6) is 0. The van der Waals surface area contributed by atoms with Crippen LogP contribution in [0.3, 0.4) is 0 Å². The number of H-pyrrole nitrogens is 1. The molecule has 2 heterocycles. The Kier molecular flexibility index (Phi) is 2.35. The molecule has 0 aliphatic carbocycles. The number of nitrogens with zero attached hydrogens (tertiary/aromatic N) is 2. The van der Waals surface area contributed by atoms with Crippen molar-refractivity contribution < 1.29 is 0 Å². The first kappa shape index (κ1) is 9.36. The zero-order valence-corrected chi connectivity index (χ0v) is 8.82. The second-order valence-corrected chi connectivity index (χ2v) is 4.13. The number of hydrogen-bond acceptors (Lipinski definition) is 4. The molecule has 4 nitrogen and oxygen atoms in total. The van der Waals surface area contributed by atoms with E-state index in [1.54, 1.807) is 0 Å². The standard InChI is InChI=1S/C8H6ClN3OS/c1-4-10-6(3-14-4)5-2-7(9)11-12-8(5)13/h2-3H,1H3,(H,12,13). The summed E-state index contributed by atoms with van der Waals surface area (Å²) in [6.45, 7) is 1.88. The van der Waals surface area contributed by atoms with Gasteiger partial charge >= 0.3 is 0 Å². The molecule has 0 saturated carbocycles. The molecule has 72 valence electrons. The lowest BCUT2D eigenvalue weighted by Crippen LogP contribution is -2.10. The Hall–Kier alpha value is -1.20.